The Balaban J connectivity index is 0.000000475. The standard InChI is InChI=1S/C22H16.C2H6.2CH4/c1-21-12-5-4-8-17-15-6-2-3-7-16(15)18-10-9-14-11-13-22(14,21)20(18)19(17)21;1-2;;/h2-14H,1H3;1-2H3;2*1H4/t14?,21-,22-;;;/m0.../s1. The lowest BCUT2D eigenvalue weighted by Crippen LogP contribution is -2.63. The monoisotopic (exact) mass is 342 g/mol. The van der Waals surface area contributed by atoms with Gasteiger partial charge in [-0.25, -0.2) is 0 Å². The van der Waals surface area contributed by atoms with Gasteiger partial charge in [0.15, 0.2) is 0 Å². The van der Waals surface area contributed by atoms with Crippen LogP contribution < -0.4 is 0 Å². The number of hydrogen-bond acceptors (Lipinski definition) is 0. The summed E-state index contributed by atoms with van der Waals surface area (Å²) >= 11 is 0. The van der Waals surface area contributed by atoms with Crippen LogP contribution in [0.4, 0.5) is 0 Å². The highest BCUT2D eigenvalue weighted by Crippen LogP contribution is 2.70. The van der Waals surface area contributed by atoms with Crippen molar-refractivity contribution < 1.29 is 0 Å². The van der Waals surface area contributed by atoms with Crippen molar-refractivity contribution >= 4 is 22.9 Å². The molecule has 0 heterocycles. The SMILES string of the molecule is C.C.CC.C[C@]12C=CC=Cc3c1c1c(c4ccccc34)C=CC3C=C[C@@]132. The highest BCUT2D eigenvalue weighted by molar-refractivity contribution is 6.03. The minimum absolute atomic E-state index is 0. The summed E-state index contributed by atoms with van der Waals surface area (Å²) in [6.07, 6.45) is 18.8. The smallest absolute Gasteiger partial charge is 0.0368 e. The number of hydrogen-bond donors (Lipinski definition) is 0. The molecule has 0 bridgehead atoms. The number of fused-ring (bicyclic) bond motifs is 3. The molecule has 4 aliphatic rings. The summed E-state index contributed by atoms with van der Waals surface area (Å²) in [6, 6.07) is 8.88. The van der Waals surface area contributed by atoms with E-state index in [0.717, 1.165) is 0 Å². The van der Waals surface area contributed by atoms with E-state index in [0.29, 0.717) is 5.92 Å². The number of rotatable bonds is 0. The molecule has 4 aliphatic carbocycles. The molecule has 0 saturated carbocycles. The maximum absolute atomic E-state index is 2.46. The third-order valence-electron chi connectivity index (χ3n) is 6.45. The fourth-order valence-electron chi connectivity index (χ4n) is 5.42. The van der Waals surface area contributed by atoms with Crippen LogP contribution in [0.2, 0.25) is 0 Å². The molecule has 0 aromatic heterocycles. The van der Waals surface area contributed by atoms with Gasteiger partial charge >= 0.3 is 0 Å². The second-order valence-corrected chi connectivity index (χ2v) is 7.16. The zero-order valence-corrected chi connectivity index (χ0v) is 14.5. The first kappa shape index (κ1) is 18.5. The molecule has 1 unspecified atom stereocenters. The molecule has 26 heavy (non-hydrogen) atoms. The highest BCUT2D eigenvalue weighted by atomic mass is 14.7. The zero-order chi connectivity index (χ0) is 16.5. The van der Waals surface area contributed by atoms with E-state index in [2.05, 4.69) is 79.8 Å². The molecule has 0 fully saturated rings. The highest BCUT2D eigenvalue weighted by Gasteiger charge is 2.66. The van der Waals surface area contributed by atoms with Gasteiger partial charge in [-0.2, -0.15) is 0 Å². The first-order valence-corrected chi connectivity index (χ1v) is 9.10. The average molecular weight is 343 g/mol. The Bertz CT molecular complexity index is 998. The molecular weight excluding hydrogens is 312 g/mol. The Kier molecular flexibility index (Phi) is 4.15. The van der Waals surface area contributed by atoms with Crippen molar-refractivity contribution in [3.63, 3.8) is 0 Å². The van der Waals surface area contributed by atoms with Crippen molar-refractivity contribution in [2.75, 3.05) is 0 Å². The molecule has 0 nitrogen and oxygen atoms in total. The summed E-state index contributed by atoms with van der Waals surface area (Å²) < 4.78 is 0. The van der Waals surface area contributed by atoms with Gasteiger partial charge < -0.3 is 0 Å². The Morgan fingerprint density at radius 2 is 1.42 bits per heavy atom. The first-order chi connectivity index (χ1) is 11.8. The molecular formula is C26H30. The molecule has 3 atom stereocenters. The van der Waals surface area contributed by atoms with Crippen LogP contribution in [0.1, 0.15) is 57.9 Å². The van der Waals surface area contributed by atoms with E-state index in [4.69, 9.17) is 0 Å². The summed E-state index contributed by atoms with van der Waals surface area (Å²) in [5, 5.41) is 2.79. The fraction of sp³-hybridized carbons (Fsp3) is 0.308. The predicted molar refractivity (Wildman–Crippen MR) is 118 cm³/mol. The topological polar surface area (TPSA) is 0 Å². The minimum atomic E-state index is 0. The summed E-state index contributed by atoms with van der Waals surface area (Å²) in [6.45, 7) is 6.43. The van der Waals surface area contributed by atoms with E-state index >= 15 is 0 Å². The van der Waals surface area contributed by atoms with Gasteiger partial charge in [-0.05, 0) is 33.0 Å². The van der Waals surface area contributed by atoms with Crippen molar-refractivity contribution in [3.8, 4) is 0 Å². The van der Waals surface area contributed by atoms with Crippen LogP contribution in [0.25, 0.3) is 22.9 Å². The summed E-state index contributed by atoms with van der Waals surface area (Å²) in [4.78, 5) is 0. The van der Waals surface area contributed by atoms with Crippen molar-refractivity contribution in [2.45, 2.75) is 46.5 Å². The third-order valence-corrected chi connectivity index (χ3v) is 6.45. The Morgan fingerprint density at radius 3 is 2.04 bits per heavy atom. The summed E-state index contributed by atoms with van der Waals surface area (Å²) in [5.41, 5.74) is 6.37. The molecule has 2 aromatic carbocycles. The van der Waals surface area contributed by atoms with Gasteiger partial charge in [0, 0.05) is 16.7 Å². The Labute approximate surface area is 158 Å². The van der Waals surface area contributed by atoms with Gasteiger partial charge in [0.05, 0.1) is 0 Å². The Hall–Kier alpha value is -2.34. The molecule has 0 N–H and O–H groups in total. The molecule has 2 aromatic rings. The Morgan fingerprint density at radius 1 is 0.769 bits per heavy atom. The van der Waals surface area contributed by atoms with Crippen LogP contribution in [0.15, 0.2) is 60.7 Å². The van der Waals surface area contributed by atoms with Gasteiger partial charge in [0.2, 0.25) is 0 Å². The van der Waals surface area contributed by atoms with Crippen LogP contribution in [0.5, 0.6) is 0 Å². The normalized spacial score (nSPS) is 29.6. The molecule has 0 heteroatoms. The third kappa shape index (κ3) is 1.66. The minimum Gasteiger partial charge on any atom is -0.0794 e. The van der Waals surface area contributed by atoms with Crippen LogP contribution in [-0.4, -0.2) is 0 Å². The predicted octanol–water partition coefficient (Wildman–Crippen LogP) is 7.44. The first-order valence-electron chi connectivity index (χ1n) is 9.10. The van der Waals surface area contributed by atoms with Gasteiger partial charge in [0.25, 0.3) is 0 Å². The maximum Gasteiger partial charge on any atom is 0.0368 e. The molecule has 134 valence electrons. The molecule has 0 amide bonds. The van der Waals surface area contributed by atoms with Crippen LogP contribution in [-0.2, 0) is 10.8 Å². The van der Waals surface area contributed by atoms with E-state index in [1.807, 2.05) is 13.8 Å². The average Bonchev–Trinajstić information content (AvgIpc) is 2.74. The second-order valence-electron chi connectivity index (χ2n) is 7.16. The van der Waals surface area contributed by atoms with Crippen molar-refractivity contribution in [1.82, 2.24) is 0 Å². The fourth-order valence-corrected chi connectivity index (χ4v) is 5.42. The van der Waals surface area contributed by atoms with Crippen LogP contribution in [0.3, 0.4) is 0 Å². The van der Waals surface area contributed by atoms with E-state index in [9.17, 15) is 0 Å². The number of benzene rings is 2. The molecule has 6 rings (SSSR count). The second kappa shape index (κ2) is 5.84. The van der Waals surface area contributed by atoms with E-state index in [1.54, 1.807) is 11.1 Å². The van der Waals surface area contributed by atoms with Crippen molar-refractivity contribution in [3.05, 3.63) is 83.0 Å². The zero-order valence-electron chi connectivity index (χ0n) is 14.5. The molecule has 0 radical (unpaired) electrons. The van der Waals surface area contributed by atoms with Gasteiger partial charge in [0.1, 0.15) is 0 Å². The van der Waals surface area contributed by atoms with Gasteiger partial charge in [-0.3, -0.25) is 0 Å². The molecule has 0 saturated heterocycles. The number of allylic oxidation sites excluding steroid dienone is 6. The van der Waals surface area contributed by atoms with Crippen molar-refractivity contribution in [1.29, 1.82) is 0 Å². The largest absolute Gasteiger partial charge is 0.0794 e. The summed E-state index contributed by atoms with van der Waals surface area (Å²) in [5.74, 6) is 0.564. The van der Waals surface area contributed by atoms with Gasteiger partial charge in [-0.1, -0.05) is 108 Å². The van der Waals surface area contributed by atoms with E-state index < -0.39 is 0 Å². The lowest BCUT2D eigenvalue weighted by Gasteiger charge is -2.65. The lowest BCUT2D eigenvalue weighted by molar-refractivity contribution is 0.219. The molecule has 1 spiro atoms. The van der Waals surface area contributed by atoms with Gasteiger partial charge in [-0.15, -0.1) is 0 Å². The molecule has 0 aliphatic heterocycles. The summed E-state index contributed by atoms with van der Waals surface area (Å²) in [7, 11) is 0. The van der Waals surface area contributed by atoms with E-state index in [1.165, 1.54) is 21.9 Å². The maximum atomic E-state index is 2.46. The quantitative estimate of drug-likeness (QED) is 0.436. The van der Waals surface area contributed by atoms with E-state index in [-0.39, 0.29) is 25.7 Å². The lowest BCUT2D eigenvalue weighted by atomic mass is 9.37. The van der Waals surface area contributed by atoms with Crippen LogP contribution >= 0.6 is 0 Å². The van der Waals surface area contributed by atoms with Crippen molar-refractivity contribution in [2.24, 2.45) is 5.92 Å². The van der Waals surface area contributed by atoms with Crippen LogP contribution in [0, 0.1) is 5.92 Å².